The minimum absolute atomic E-state index is 0.0176. The molecule has 1 heterocycles. The highest BCUT2D eigenvalue weighted by Gasteiger charge is 2.48. The molecule has 90 valence electrons. The lowest BCUT2D eigenvalue weighted by Crippen LogP contribution is -2.52. The Morgan fingerprint density at radius 3 is 3.00 bits per heavy atom. The normalized spacial score (nSPS) is 43.9. The van der Waals surface area contributed by atoms with E-state index in [1.165, 1.54) is 0 Å². The maximum atomic E-state index is 11.8. The molecule has 2 rings (SSSR count). The summed E-state index contributed by atoms with van der Waals surface area (Å²) >= 11 is 0. The Kier molecular flexibility index (Phi) is 3.17. The number of hydrogen-bond donors (Lipinski definition) is 0. The predicted molar refractivity (Wildman–Crippen MR) is 60.7 cm³/mol. The van der Waals surface area contributed by atoms with Crippen molar-refractivity contribution in [2.45, 2.75) is 51.7 Å². The fourth-order valence-corrected chi connectivity index (χ4v) is 2.51. The summed E-state index contributed by atoms with van der Waals surface area (Å²) in [6.07, 6.45) is 6.58. The van der Waals surface area contributed by atoms with Crippen molar-refractivity contribution in [1.82, 2.24) is 0 Å². The fourth-order valence-electron chi connectivity index (χ4n) is 2.51. The molecule has 0 amide bonds. The van der Waals surface area contributed by atoms with Crippen LogP contribution in [0, 0.1) is 11.8 Å². The first-order valence-electron chi connectivity index (χ1n) is 6.11. The van der Waals surface area contributed by atoms with E-state index in [-0.39, 0.29) is 17.9 Å². The SMILES string of the molecule is CC/C=C/C1(C)OO[C@@H]2C[C@H]1CC(=O)[C@@H]2C. The van der Waals surface area contributed by atoms with Gasteiger partial charge in [-0.05, 0) is 19.8 Å². The summed E-state index contributed by atoms with van der Waals surface area (Å²) in [6, 6.07) is 0. The van der Waals surface area contributed by atoms with Crippen LogP contribution in [0.5, 0.6) is 0 Å². The van der Waals surface area contributed by atoms with E-state index in [9.17, 15) is 4.79 Å². The van der Waals surface area contributed by atoms with Crippen molar-refractivity contribution in [2.75, 3.05) is 0 Å². The van der Waals surface area contributed by atoms with Gasteiger partial charge in [-0.2, -0.15) is 0 Å². The van der Waals surface area contributed by atoms with Gasteiger partial charge < -0.3 is 0 Å². The van der Waals surface area contributed by atoms with Crippen molar-refractivity contribution in [3.63, 3.8) is 0 Å². The van der Waals surface area contributed by atoms with Gasteiger partial charge in [-0.25, -0.2) is 9.78 Å². The number of hydrogen-bond acceptors (Lipinski definition) is 3. The highest BCUT2D eigenvalue weighted by Crippen LogP contribution is 2.42. The summed E-state index contributed by atoms with van der Waals surface area (Å²) in [5.41, 5.74) is -0.428. The molecule has 0 spiro atoms. The molecule has 2 aliphatic rings. The second-order valence-corrected chi connectivity index (χ2v) is 5.10. The van der Waals surface area contributed by atoms with Gasteiger partial charge in [0.1, 0.15) is 17.5 Å². The van der Waals surface area contributed by atoms with Gasteiger partial charge in [0.2, 0.25) is 0 Å². The summed E-state index contributed by atoms with van der Waals surface area (Å²) in [4.78, 5) is 22.7. The van der Waals surface area contributed by atoms with E-state index in [0.717, 1.165) is 12.8 Å². The summed E-state index contributed by atoms with van der Waals surface area (Å²) < 4.78 is 0. The first-order valence-corrected chi connectivity index (χ1v) is 6.11. The Balaban J connectivity index is 2.16. The smallest absolute Gasteiger partial charge is 0.138 e. The first kappa shape index (κ1) is 11.8. The molecule has 1 unspecified atom stereocenters. The van der Waals surface area contributed by atoms with Crippen LogP contribution in [-0.4, -0.2) is 17.5 Å². The highest BCUT2D eigenvalue weighted by atomic mass is 17.2. The molecule has 2 fully saturated rings. The van der Waals surface area contributed by atoms with Crippen molar-refractivity contribution in [3.8, 4) is 0 Å². The Hall–Kier alpha value is -0.670. The topological polar surface area (TPSA) is 35.5 Å². The number of rotatable bonds is 2. The number of Topliss-reactive ketones (excluding diaryl/α,β-unsaturated/α-hetero) is 1. The zero-order chi connectivity index (χ0) is 11.8. The monoisotopic (exact) mass is 224 g/mol. The minimum atomic E-state index is -0.428. The van der Waals surface area contributed by atoms with Gasteiger partial charge in [-0.15, -0.1) is 0 Å². The zero-order valence-electron chi connectivity index (χ0n) is 10.2. The van der Waals surface area contributed by atoms with Gasteiger partial charge >= 0.3 is 0 Å². The van der Waals surface area contributed by atoms with E-state index < -0.39 is 5.60 Å². The number of fused-ring (bicyclic) bond motifs is 2. The van der Waals surface area contributed by atoms with Gasteiger partial charge in [-0.3, -0.25) is 4.79 Å². The molecule has 2 bridgehead atoms. The van der Waals surface area contributed by atoms with Gasteiger partial charge in [-0.1, -0.05) is 26.0 Å². The molecule has 1 aliphatic heterocycles. The molecule has 16 heavy (non-hydrogen) atoms. The van der Waals surface area contributed by atoms with Gasteiger partial charge in [0.15, 0.2) is 0 Å². The molecule has 1 aliphatic carbocycles. The summed E-state index contributed by atoms with van der Waals surface area (Å²) in [5, 5.41) is 0. The van der Waals surface area contributed by atoms with Crippen molar-refractivity contribution in [3.05, 3.63) is 12.2 Å². The van der Waals surface area contributed by atoms with Crippen molar-refractivity contribution < 1.29 is 14.6 Å². The fraction of sp³-hybridized carbons (Fsp3) is 0.769. The Morgan fingerprint density at radius 1 is 1.56 bits per heavy atom. The molecule has 0 N–H and O–H groups in total. The number of ketones is 1. The van der Waals surface area contributed by atoms with Crippen LogP contribution in [0.15, 0.2) is 12.2 Å². The lowest BCUT2D eigenvalue weighted by molar-refractivity contribution is -0.415. The molecule has 0 radical (unpaired) electrons. The van der Waals surface area contributed by atoms with Crippen LogP contribution in [0.4, 0.5) is 0 Å². The summed E-state index contributed by atoms with van der Waals surface area (Å²) in [5.74, 6) is 0.550. The van der Waals surface area contributed by atoms with E-state index in [0.29, 0.717) is 12.2 Å². The van der Waals surface area contributed by atoms with Crippen LogP contribution in [0.1, 0.15) is 40.0 Å². The van der Waals surface area contributed by atoms with Crippen LogP contribution in [0.3, 0.4) is 0 Å². The van der Waals surface area contributed by atoms with E-state index in [4.69, 9.17) is 9.78 Å². The summed E-state index contributed by atoms with van der Waals surface area (Å²) in [7, 11) is 0. The first-order chi connectivity index (χ1) is 7.57. The van der Waals surface area contributed by atoms with Crippen molar-refractivity contribution in [1.29, 1.82) is 0 Å². The molecule has 1 saturated heterocycles. The minimum Gasteiger partial charge on any atom is -0.299 e. The summed E-state index contributed by atoms with van der Waals surface area (Å²) in [6.45, 7) is 6.01. The predicted octanol–water partition coefficient (Wildman–Crippen LogP) is 2.66. The van der Waals surface area contributed by atoms with Gasteiger partial charge in [0.05, 0.1) is 0 Å². The molecular formula is C13H20O3. The quantitative estimate of drug-likeness (QED) is 0.534. The van der Waals surface area contributed by atoms with Crippen LogP contribution < -0.4 is 0 Å². The third-order valence-corrected chi connectivity index (χ3v) is 3.88. The Morgan fingerprint density at radius 2 is 2.31 bits per heavy atom. The van der Waals surface area contributed by atoms with Crippen LogP contribution in [-0.2, 0) is 14.6 Å². The molecule has 0 aromatic heterocycles. The lowest BCUT2D eigenvalue weighted by Gasteiger charge is -2.45. The average molecular weight is 224 g/mol. The van der Waals surface area contributed by atoms with E-state index in [2.05, 4.69) is 13.0 Å². The Bertz CT molecular complexity index is 310. The standard InChI is InChI=1S/C13H20O3/c1-4-5-6-13(3)10-7-11(14)9(2)12(8-10)15-16-13/h5-6,9-10,12H,4,7-8H2,1-3H3/b6-5+/t9-,10+,12+,13?/m0/s1. The van der Waals surface area contributed by atoms with E-state index >= 15 is 0 Å². The number of carbonyl (C=O) groups excluding carboxylic acids is 1. The van der Waals surface area contributed by atoms with Crippen LogP contribution >= 0.6 is 0 Å². The molecule has 3 heteroatoms. The lowest BCUT2D eigenvalue weighted by atomic mass is 9.71. The average Bonchev–Trinajstić information content (AvgIpc) is 2.27. The maximum Gasteiger partial charge on any atom is 0.138 e. The molecular weight excluding hydrogens is 204 g/mol. The van der Waals surface area contributed by atoms with Crippen LogP contribution in [0.2, 0.25) is 0 Å². The number of carbonyl (C=O) groups is 1. The molecule has 1 saturated carbocycles. The van der Waals surface area contributed by atoms with Crippen LogP contribution in [0.25, 0.3) is 0 Å². The largest absolute Gasteiger partial charge is 0.299 e. The van der Waals surface area contributed by atoms with E-state index in [1.807, 2.05) is 19.9 Å². The van der Waals surface area contributed by atoms with Crippen molar-refractivity contribution in [2.24, 2.45) is 11.8 Å². The second kappa shape index (κ2) is 4.30. The second-order valence-electron chi connectivity index (χ2n) is 5.10. The molecule has 4 atom stereocenters. The van der Waals surface area contributed by atoms with E-state index in [1.54, 1.807) is 0 Å². The van der Waals surface area contributed by atoms with Gasteiger partial charge in [0.25, 0.3) is 0 Å². The molecule has 3 nitrogen and oxygen atoms in total. The highest BCUT2D eigenvalue weighted by molar-refractivity contribution is 5.82. The third-order valence-electron chi connectivity index (χ3n) is 3.88. The third kappa shape index (κ3) is 1.94. The van der Waals surface area contributed by atoms with Crippen molar-refractivity contribution >= 4 is 5.78 Å². The molecule has 0 aromatic rings. The van der Waals surface area contributed by atoms with Gasteiger partial charge in [0, 0.05) is 18.3 Å². The zero-order valence-corrected chi connectivity index (χ0v) is 10.2. The maximum absolute atomic E-state index is 11.8. The Labute approximate surface area is 96.7 Å². The molecule has 0 aromatic carbocycles. The number of allylic oxidation sites excluding steroid dienone is 1.